The SMILES string of the molecule is C=CC(=O)Nc1c(N(C)CCN(C)C)cc(OC)c(N/C(=C/C(=N)c2ccc3cnn(C)c3c2)NN)c1F. The molecule has 6 N–H and O–H groups in total. The number of hydrazine groups is 1. The number of allylic oxidation sites excluding steroid dienone is 1. The number of methoxy groups -OCH3 is 1. The fourth-order valence-electron chi connectivity index (χ4n) is 3.74. The Hall–Kier alpha value is -4.42. The average Bonchev–Trinajstić information content (AvgIpc) is 3.28. The first-order valence-corrected chi connectivity index (χ1v) is 11.7. The van der Waals surface area contributed by atoms with E-state index in [-0.39, 0.29) is 28.7 Å². The van der Waals surface area contributed by atoms with Gasteiger partial charge in [0, 0.05) is 50.3 Å². The van der Waals surface area contributed by atoms with E-state index in [2.05, 4.69) is 27.7 Å². The van der Waals surface area contributed by atoms with Crippen molar-refractivity contribution in [2.75, 3.05) is 56.9 Å². The molecule has 1 amide bonds. The lowest BCUT2D eigenvalue weighted by molar-refractivity contribution is -0.111. The Kier molecular flexibility index (Phi) is 9.05. The molecular formula is C26H34FN9O2. The summed E-state index contributed by atoms with van der Waals surface area (Å²) in [6.45, 7) is 4.72. The zero-order valence-corrected chi connectivity index (χ0v) is 22.2. The molecule has 3 aromatic rings. The number of carbonyl (C=O) groups excluding carboxylic acids is 1. The summed E-state index contributed by atoms with van der Waals surface area (Å²) in [5.74, 6) is 4.69. The van der Waals surface area contributed by atoms with Gasteiger partial charge in [0.2, 0.25) is 5.91 Å². The van der Waals surface area contributed by atoms with Crippen molar-refractivity contribution in [1.29, 1.82) is 5.41 Å². The fourth-order valence-corrected chi connectivity index (χ4v) is 3.74. The fraction of sp³-hybridized carbons (Fsp3) is 0.269. The summed E-state index contributed by atoms with van der Waals surface area (Å²) >= 11 is 0. The van der Waals surface area contributed by atoms with Gasteiger partial charge < -0.3 is 36.0 Å². The predicted octanol–water partition coefficient (Wildman–Crippen LogP) is 2.63. The number of likely N-dealkylation sites (N-methyl/N-ethyl adjacent to an activating group) is 2. The van der Waals surface area contributed by atoms with Gasteiger partial charge in [0.25, 0.3) is 0 Å². The number of benzene rings is 2. The van der Waals surface area contributed by atoms with Crippen LogP contribution in [0, 0.1) is 11.2 Å². The van der Waals surface area contributed by atoms with Crippen molar-refractivity contribution in [1.82, 2.24) is 20.1 Å². The minimum Gasteiger partial charge on any atom is -0.494 e. The third-order valence-corrected chi connectivity index (χ3v) is 5.92. The second-order valence-electron chi connectivity index (χ2n) is 8.86. The number of nitrogens with one attached hydrogen (secondary N) is 4. The van der Waals surface area contributed by atoms with E-state index in [4.69, 9.17) is 16.0 Å². The Balaban J connectivity index is 2.01. The summed E-state index contributed by atoms with van der Waals surface area (Å²) in [4.78, 5) is 16.0. The largest absolute Gasteiger partial charge is 0.494 e. The molecule has 1 heterocycles. The maximum Gasteiger partial charge on any atom is 0.247 e. The van der Waals surface area contributed by atoms with Crippen molar-refractivity contribution in [2.24, 2.45) is 12.9 Å². The molecule has 0 unspecified atom stereocenters. The summed E-state index contributed by atoms with van der Waals surface area (Å²) in [6.07, 6.45) is 4.23. The molecule has 11 nitrogen and oxygen atoms in total. The number of aromatic nitrogens is 2. The summed E-state index contributed by atoms with van der Waals surface area (Å²) in [6, 6.07) is 7.11. The molecule has 0 saturated heterocycles. The second kappa shape index (κ2) is 12.2. The van der Waals surface area contributed by atoms with Gasteiger partial charge in [0.05, 0.1) is 30.2 Å². The van der Waals surface area contributed by atoms with Crippen LogP contribution in [0.5, 0.6) is 5.75 Å². The van der Waals surface area contributed by atoms with Gasteiger partial charge in [-0.05, 0) is 26.2 Å². The van der Waals surface area contributed by atoms with Gasteiger partial charge in [-0.25, -0.2) is 10.2 Å². The van der Waals surface area contributed by atoms with E-state index in [1.807, 2.05) is 43.1 Å². The summed E-state index contributed by atoms with van der Waals surface area (Å²) < 4.78 is 23.2. The molecule has 0 fully saturated rings. The van der Waals surface area contributed by atoms with Gasteiger partial charge >= 0.3 is 0 Å². The molecule has 202 valence electrons. The molecule has 0 saturated carbocycles. The zero-order valence-electron chi connectivity index (χ0n) is 22.2. The number of carbonyl (C=O) groups is 1. The van der Waals surface area contributed by atoms with Crippen LogP contribution in [0.25, 0.3) is 10.9 Å². The van der Waals surface area contributed by atoms with Gasteiger partial charge in [-0.1, -0.05) is 18.7 Å². The highest BCUT2D eigenvalue weighted by Gasteiger charge is 2.23. The Morgan fingerprint density at radius 3 is 2.61 bits per heavy atom. The van der Waals surface area contributed by atoms with Crippen LogP contribution in [-0.4, -0.2) is 67.6 Å². The first kappa shape index (κ1) is 28.2. The first-order chi connectivity index (χ1) is 18.1. The van der Waals surface area contributed by atoms with Crippen LogP contribution in [0.1, 0.15) is 5.56 Å². The monoisotopic (exact) mass is 523 g/mol. The van der Waals surface area contributed by atoms with E-state index in [1.165, 1.54) is 13.2 Å². The number of nitrogens with two attached hydrogens (primary N) is 1. The minimum absolute atomic E-state index is 0.0486. The summed E-state index contributed by atoms with van der Waals surface area (Å²) in [5.41, 5.74) is 4.36. The predicted molar refractivity (Wildman–Crippen MR) is 150 cm³/mol. The molecule has 0 spiro atoms. The highest BCUT2D eigenvalue weighted by atomic mass is 19.1. The van der Waals surface area contributed by atoms with E-state index >= 15 is 4.39 Å². The molecule has 0 aliphatic carbocycles. The van der Waals surface area contributed by atoms with E-state index in [0.717, 1.165) is 17.0 Å². The molecule has 0 atom stereocenters. The molecule has 0 bridgehead atoms. The Labute approximate surface area is 221 Å². The number of fused-ring (bicyclic) bond motifs is 1. The molecule has 0 aliphatic rings. The summed E-state index contributed by atoms with van der Waals surface area (Å²) in [7, 11) is 8.89. The highest BCUT2D eigenvalue weighted by Crippen LogP contribution is 2.41. The average molecular weight is 524 g/mol. The van der Waals surface area contributed by atoms with Crippen LogP contribution in [0.4, 0.5) is 21.5 Å². The van der Waals surface area contributed by atoms with Crippen LogP contribution in [-0.2, 0) is 11.8 Å². The second-order valence-corrected chi connectivity index (χ2v) is 8.86. The van der Waals surface area contributed by atoms with E-state index in [1.54, 1.807) is 30.1 Å². The molecule has 2 aromatic carbocycles. The van der Waals surface area contributed by atoms with Crippen molar-refractivity contribution in [3.05, 3.63) is 66.4 Å². The zero-order chi connectivity index (χ0) is 28.0. The number of hydrogen-bond acceptors (Lipinski definition) is 9. The maximum atomic E-state index is 16.0. The van der Waals surface area contributed by atoms with E-state index in [9.17, 15) is 4.79 Å². The van der Waals surface area contributed by atoms with Gasteiger partial charge in [-0.3, -0.25) is 9.48 Å². The molecule has 1 aromatic heterocycles. The van der Waals surface area contributed by atoms with Crippen LogP contribution in [0.2, 0.25) is 0 Å². The van der Waals surface area contributed by atoms with Gasteiger partial charge in [-0.2, -0.15) is 5.10 Å². The Bertz CT molecular complexity index is 1380. The number of hydrogen-bond donors (Lipinski definition) is 5. The number of nitrogens with zero attached hydrogens (tertiary/aromatic N) is 4. The van der Waals surface area contributed by atoms with E-state index in [0.29, 0.717) is 24.3 Å². The first-order valence-electron chi connectivity index (χ1n) is 11.7. The lowest BCUT2D eigenvalue weighted by Crippen LogP contribution is -2.30. The smallest absolute Gasteiger partial charge is 0.247 e. The number of ether oxygens (including phenoxy) is 1. The van der Waals surface area contributed by atoms with Crippen LogP contribution >= 0.6 is 0 Å². The van der Waals surface area contributed by atoms with Crippen molar-refractivity contribution in [3.63, 3.8) is 0 Å². The molecule has 38 heavy (non-hydrogen) atoms. The third kappa shape index (κ3) is 6.28. The normalized spacial score (nSPS) is 11.4. The van der Waals surface area contributed by atoms with Crippen LogP contribution in [0.15, 0.2) is 55.0 Å². The summed E-state index contributed by atoms with van der Waals surface area (Å²) in [5, 5.41) is 19.2. The lowest BCUT2D eigenvalue weighted by Gasteiger charge is -2.26. The number of rotatable bonds is 12. The van der Waals surface area contributed by atoms with Crippen molar-refractivity contribution in [2.45, 2.75) is 0 Å². The number of amides is 1. The van der Waals surface area contributed by atoms with Gasteiger partial charge in [-0.15, -0.1) is 0 Å². The van der Waals surface area contributed by atoms with Crippen molar-refractivity contribution >= 4 is 39.6 Å². The molecule has 3 rings (SSSR count). The standard InChI is InChI=1S/C26H34FN9O2/c1-7-23(37)32-25-20(35(4)11-10-34(2)3)14-21(38-6)26(24(25)27)31-22(33-29)13-18(28)16-8-9-17-15-30-36(5)19(17)12-16/h7-9,12-15,28,31,33H,1,10-11,29H2,2-6H3,(H,32,37)/b22-13-,28-18?. The quantitative estimate of drug-likeness (QED) is 0.106. The van der Waals surface area contributed by atoms with Gasteiger partial charge in [0.1, 0.15) is 22.9 Å². The van der Waals surface area contributed by atoms with Crippen LogP contribution < -0.4 is 31.5 Å². The number of aryl methyl sites for hydroxylation is 1. The topological polar surface area (TPSA) is 137 Å². The third-order valence-electron chi connectivity index (χ3n) is 5.92. The molecule has 0 aliphatic heterocycles. The Morgan fingerprint density at radius 2 is 1.97 bits per heavy atom. The van der Waals surface area contributed by atoms with Gasteiger partial charge in [0.15, 0.2) is 5.82 Å². The maximum absolute atomic E-state index is 16.0. The van der Waals surface area contributed by atoms with E-state index < -0.39 is 11.7 Å². The van der Waals surface area contributed by atoms with Crippen molar-refractivity contribution in [3.8, 4) is 5.75 Å². The lowest BCUT2D eigenvalue weighted by atomic mass is 10.1. The van der Waals surface area contributed by atoms with Crippen molar-refractivity contribution < 1.29 is 13.9 Å². The van der Waals surface area contributed by atoms with Crippen LogP contribution in [0.3, 0.4) is 0 Å². The minimum atomic E-state index is -0.768. The highest BCUT2D eigenvalue weighted by molar-refractivity contribution is 6.09. The number of halogens is 1. The Morgan fingerprint density at radius 1 is 1.24 bits per heavy atom. The number of anilines is 3. The molecular weight excluding hydrogens is 489 g/mol. The molecule has 0 radical (unpaired) electrons. The molecule has 12 heteroatoms.